The zero-order valence-corrected chi connectivity index (χ0v) is 11.9. The standard InChI is InChI=1S/C13H16N4O2S/c1-9-6-10-4-2-3-5-11(10)17(8-9)20(18,19)12-7-15-16-13(12)14/h2-5,7,9H,6,8H2,1H3,(H3,14,15,16). The molecule has 0 radical (unpaired) electrons. The number of H-pyrrole nitrogens is 1. The molecule has 20 heavy (non-hydrogen) atoms. The number of nitrogens with two attached hydrogens (primary N) is 1. The molecular weight excluding hydrogens is 276 g/mol. The summed E-state index contributed by atoms with van der Waals surface area (Å²) in [5.74, 6) is 0.327. The Morgan fingerprint density at radius 2 is 2.15 bits per heavy atom. The Hall–Kier alpha value is -2.02. The molecule has 1 unspecified atom stereocenters. The minimum Gasteiger partial charge on any atom is -0.383 e. The largest absolute Gasteiger partial charge is 0.383 e. The van der Waals surface area contributed by atoms with Crippen LogP contribution in [-0.2, 0) is 16.4 Å². The lowest BCUT2D eigenvalue weighted by Gasteiger charge is -2.33. The molecule has 1 aliphatic rings. The quantitative estimate of drug-likeness (QED) is 0.874. The molecule has 0 amide bonds. The first-order valence-corrected chi connectivity index (χ1v) is 7.83. The summed E-state index contributed by atoms with van der Waals surface area (Å²) in [5, 5.41) is 6.17. The van der Waals surface area contributed by atoms with Gasteiger partial charge >= 0.3 is 0 Å². The van der Waals surface area contributed by atoms with Crippen molar-refractivity contribution in [3.8, 4) is 0 Å². The van der Waals surface area contributed by atoms with Crippen LogP contribution in [0.3, 0.4) is 0 Å². The van der Waals surface area contributed by atoms with Gasteiger partial charge in [-0.15, -0.1) is 0 Å². The molecule has 0 aliphatic carbocycles. The van der Waals surface area contributed by atoms with Gasteiger partial charge in [0.15, 0.2) is 0 Å². The van der Waals surface area contributed by atoms with Crippen molar-refractivity contribution in [1.82, 2.24) is 10.2 Å². The Kier molecular flexibility index (Phi) is 2.93. The summed E-state index contributed by atoms with van der Waals surface area (Å²) >= 11 is 0. The van der Waals surface area contributed by atoms with Gasteiger partial charge in [-0.3, -0.25) is 9.40 Å². The minimum atomic E-state index is -3.68. The molecular formula is C13H16N4O2S. The topological polar surface area (TPSA) is 92.1 Å². The van der Waals surface area contributed by atoms with Gasteiger partial charge in [0.1, 0.15) is 10.7 Å². The van der Waals surface area contributed by atoms with Gasteiger partial charge in [0.05, 0.1) is 11.9 Å². The fraction of sp³-hybridized carbons (Fsp3) is 0.308. The summed E-state index contributed by atoms with van der Waals surface area (Å²) < 4.78 is 27.0. The number of hydrogen-bond donors (Lipinski definition) is 2. The highest BCUT2D eigenvalue weighted by atomic mass is 32.2. The third kappa shape index (κ3) is 1.94. The second-order valence-electron chi connectivity index (χ2n) is 5.12. The molecule has 6 nitrogen and oxygen atoms in total. The van der Waals surface area contributed by atoms with Crippen LogP contribution >= 0.6 is 0 Å². The van der Waals surface area contributed by atoms with E-state index in [2.05, 4.69) is 10.2 Å². The lowest BCUT2D eigenvalue weighted by atomic mass is 9.96. The summed E-state index contributed by atoms with van der Waals surface area (Å²) in [6, 6.07) is 7.56. The second kappa shape index (κ2) is 4.52. The highest BCUT2D eigenvalue weighted by molar-refractivity contribution is 7.93. The molecule has 3 N–H and O–H groups in total. The molecule has 1 atom stereocenters. The van der Waals surface area contributed by atoms with Crippen molar-refractivity contribution in [2.75, 3.05) is 16.6 Å². The number of anilines is 2. The number of aromatic amines is 1. The molecule has 0 spiro atoms. The highest BCUT2D eigenvalue weighted by Gasteiger charge is 2.33. The molecule has 1 aromatic heterocycles. The molecule has 2 heterocycles. The minimum absolute atomic E-state index is 0.0291. The summed E-state index contributed by atoms with van der Waals surface area (Å²) in [5.41, 5.74) is 7.43. The van der Waals surface area contributed by atoms with Crippen LogP contribution in [0.25, 0.3) is 0 Å². The maximum Gasteiger partial charge on any atom is 0.269 e. The van der Waals surface area contributed by atoms with E-state index in [-0.39, 0.29) is 16.6 Å². The Morgan fingerprint density at radius 1 is 1.40 bits per heavy atom. The summed E-state index contributed by atoms with van der Waals surface area (Å²) in [7, 11) is -3.68. The van der Waals surface area contributed by atoms with Crippen LogP contribution < -0.4 is 10.0 Å². The molecule has 0 bridgehead atoms. The number of nitrogens with zero attached hydrogens (tertiary/aromatic N) is 2. The van der Waals surface area contributed by atoms with E-state index >= 15 is 0 Å². The number of hydrogen-bond acceptors (Lipinski definition) is 4. The zero-order valence-electron chi connectivity index (χ0n) is 11.1. The van der Waals surface area contributed by atoms with Crippen molar-refractivity contribution in [3.05, 3.63) is 36.0 Å². The van der Waals surface area contributed by atoms with Gasteiger partial charge in [-0.2, -0.15) is 5.10 Å². The van der Waals surface area contributed by atoms with Gasteiger partial charge in [-0.25, -0.2) is 8.42 Å². The average Bonchev–Trinajstić information content (AvgIpc) is 2.84. The molecule has 0 saturated heterocycles. The number of rotatable bonds is 2. The van der Waals surface area contributed by atoms with Crippen molar-refractivity contribution < 1.29 is 8.42 Å². The predicted molar refractivity (Wildman–Crippen MR) is 76.8 cm³/mol. The van der Waals surface area contributed by atoms with Crippen LogP contribution in [0.15, 0.2) is 35.4 Å². The van der Waals surface area contributed by atoms with E-state index in [0.29, 0.717) is 6.54 Å². The third-order valence-electron chi connectivity index (χ3n) is 3.51. The molecule has 0 saturated carbocycles. The average molecular weight is 292 g/mol. The first-order chi connectivity index (χ1) is 9.50. The van der Waals surface area contributed by atoms with Crippen molar-refractivity contribution >= 4 is 21.5 Å². The van der Waals surface area contributed by atoms with Gasteiger partial charge < -0.3 is 5.73 Å². The Morgan fingerprint density at radius 3 is 2.85 bits per heavy atom. The molecule has 7 heteroatoms. The number of sulfonamides is 1. The highest BCUT2D eigenvalue weighted by Crippen LogP contribution is 2.34. The fourth-order valence-electron chi connectivity index (χ4n) is 2.59. The van der Waals surface area contributed by atoms with Crippen LogP contribution in [0.5, 0.6) is 0 Å². The van der Waals surface area contributed by atoms with Crippen LogP contribution in [0.4, 0.5) is 11.5 Å². The van der Waals surface area contributed by atoms with E-state index in [9.17, 15) is 8.42 Å². The number of nitrogens with one attached hydrogen (secondary N) is 1. The lowest BCUT2D eigenvalue weighted by molar-refractivity contribution is 0.545. The van der Waals surface area contributed by atoms with Crippen LogP contribution in [0, 0.1) is 5.92 Å². The van der Waals surface area contributed by atoms with Crippen LogP contribution in [0.2, 0.25) is 0 Å². The maximum absolute atomic E-state index is 12.8. The second-order valence-corrected chi connectivity index (χ2v) is 6.95. The van der Waals surface area contributed by atoms with Gasteiger partial charge in [0, 0.05) is 6.54 Å². The molecule has 2 aromatic rings. The van der Waals surface area contributed by atoms with E-state index in [1.54, 1.807) is 0 Å². The van der Waals surface area contributed by atoms with E-state index in [1.165, 1.54) is 10.5 Å². The fourth-order valence-corrected chi connectivity index (χ4v) is 4.22. The van der Waals surface area contributed by atoms with E-state index < -0.39 is 10.0 Å². The van der Waals surface area contributed by atoms with Crippen molar-refractivity contribution in [2.24, 2.45) is 5.92 Å². The maximum atomic E-state index is 12.8. The van der Waals surface area contributed by atoms with Gasteiger partial charge in [0.2, 0.25) is 0 Å². The van der Waals surface area contributed by atoms with Gasteiger partial charge in [-0.1, -0.05) is 25.1 Å². The first-order valence-electron chi connectivity index (χ1n) is 6.39. The van der Waals surface area contributed by atoms with Crippen LogP contribution in [-0.4, -0.2) is 25.2 Å². The van der Waals surface area contributed by atoms with Crippen LogP contribution in [0.1, 0.15) is 12.5 Å². The van der Waals surface area contributed by atoms with Crippen molar-refractivity contribution in [3.63, 3.8) is 0 Å². The number of benzene rings is 1. The lowest BCUT2D eigenvalue weighted by Crippen LogP contribution is -2.39. The number of nitrogen functional groups attached to an aromatic ring is 1. The van der Waals surface area contributed by atoms with Gasteiger partial charge in [-0.05, 0) is 24.0 Å². The molecule has 0 fully saturated rings. The normalized spacial score (nSPS) is 18.9. The smallest absolute Gasteiger partial charge is 0.269 e. The van der Waals surface area contributed by atoms with Crippen molar-refractivity contribution in [2.45, 2.75) is 18.2 Å². The first kappa shape index (κ1) is 13.0. The zero-order chi connectivity index (χ0) is 14.3. The Balaban J connectivity index is 2.13. The van der Waals surface area contributed by atoms with Crippen molar-refractivity contribution in [1.29, 1.82) is 0 Å². The Labute approximate surface area is 117 Å². The number of para-hydroxylation sites is 1. The van der Waals surface area contributed by atoms with E-state index in [4.69, 9.17) is 5.73 Å². The monoisotopic (exact) mass is 292 g/mol. The number of fused-ring (bicyclic) bond motifs is 1. The molecule has 106 valence electrons. The predicted octanol–water partition coefficient (Wildman–Crippen LogP) is 1.38. The summed E-state index contributed by atoms with van der Waals surface area (Å²) in [6.07, 6.45) is 2.13. The number of aromatic nitrogens is 2. The summed E-state index contributed by atoms with van der Waals surface area (Å²) in [4.78, 5) is 0.0291. The Bertz CT molecular complexity index is 738. The SMILES string of the molecule is CC1Cc2ccccc2N(S(=O)(=O)c2cn[nH]c2N)C1. The van der Waals surface area contributed by atoms with E-state index in [0.717, 1.165) is 17.7 Å². The van der Waals surface area contributed by atoms with Gasteiger partial charge in [0.25, 0.3) is 10.0 Å². The molecule has 1 aliphatic heterocycles. The third-order valence-corrected chi connectivity index (χ3v) is 5.31. The summed E-state index contributed by atoms with van der Waals surface area (Å²) in [6.45, 7) is 2.49. The molecule has 1 aromatic carbocycles. The molecule has 3 rings (SSSR count). The van der Waals surface area contributed by atoms with E-state index in [1.807, 2.05) is 31.2 Å².